The monoisotopic (exact) mass is 319 g/mol. The number of piperidine rings is 1. The molecule has 2 heterocycles. The van der Waals surface area contributed by atoms with Crippen LogP contribution in [0.3, 0.4) is 0 Å². The van der Waals surface area contributed by atoms with Crippen LogP contribution in [-0.2, 0) is 4.79 Å². The topological polar surface area (TPSA) is 55.2 Å². The summed E-state index contributed by atoms with van der Waals surface area (Å²) in [7, 11) is 0. The summed E-state index contributed by atoms with van der Waals surface area (Å²) >= 11 is 0. The van der Waals surface area contributed by atoms with Crippen LogP contribution >= 0.6 is 0 Å². The Bertz CT molecular complexity index is 582. The Labute approximate surface area is 139 Å². The van der Waals surface area contributed by atoms with Gasteiger partial charge in [0.2, 0.25) is 5.91 Å². The normalized spacial score (nSPS) is 17.4. The van der Waals surface area contributed by atoms with Crippen molar-refractivity contribution >= 4 is 11.8 Å². The smallest absolute Gasteiger partial charge is 0.252 e. The van der Waals surface area contributed by atoms with Crippen molar-refractivity contribution in [2.45, 2.75) is 60.3 Å². The van der Waals surface area contributed by atoms with E-state index in [-0.39, 0.29) is 17.2 Å². The van der Waals surface area contributed by atoms with Crippen molar-refractivity contribution in [3.8, 4) is 0 Å². The summed E-state index contributed by atoms with van der Waals surface area (Å²) < 4.78 is 1.46. The fourth-order valence-corrected chi connectivity index (χ4v) is 2.87. The van der Waals surface area contributed by atoms with Crippen LogP contribution in [0.1, 0.15) is 70.8 Å². The van der Waals surface area contributed by atoms with Crippen molar-refractivity contribution in [2.24, 2.45) is 10.8 Å². The first-order valence-electron chi connectivity index (χ1n) is 8.40. The maximum Gasteiger partial charge on any atom is 0.252 e. The molecule has 5 nitrogen and oxygen atoms in total. The van der Waals surface area contributed by atoms with Gasteiger partial charge in [-0.25, -0.2) is 4.68 Å². The third-order valence-electron chi connectivity index (χ3n) is 4.30. The highest BCUT2D eigenvalue weighted by Crippen LogP contribution is 2.29. The third-order valence-corrected chi connectivity index (χ3v) is 4.30. The molecular formula is C18H29N3O2. The zero-order valence-electron chi connectivity index (χ0n) is 15.2. The summed E-state index contributed by atoms with van der Waals surface area (Å²) in [5.74, 6) is 0.543. The molecule has 1 aromatic rings. The Kier molecular flexibility index (Phi) is 4.69. The van der Waals surface area contributed by atoms with Gasteiger partial charge in [-0.2, -0.15) is 5.10 Å². The maximum absolute atomic E-state index is 12.3. The molecule has 1 aliphatic rings. The molecule has 0 saturated carbocycles. The molecule has 1 amide bonds. The summed E-state index contributed by atoms with van der Waals surface area (Å²) in [5, 5.41) is 4.48. The number of nitrogens with zero attached hydrogens (tertiary/aromatic N) is 3. The Morgan fingerprint density at radius 3 is 2.00 bits per heavy atom. The lowest BCUT2D eigenvalue weighted by Gasteiger charge is -2.35. The summed E-state index contributed by atoms with van der Waals surface area (Å²) in [6, 6.07) is 1.94. The Morgan fingerprint density at radius 2 is 1.52 bits per heavy atom. The van der Waals surface area contributed by atoms with Crippen LogP contribution in [0.2, 0.25) is 0 Å². The maximum atomic E-state index is 12.3. The minimum absolute atomic E-state index is 0.00379. The van der Waals surface area contributed by atoms with Gasteiger partial charge >= 0.3 is 0 Å². The van der Waals surface area contributed by atoms with E-state index in [4.69, 9.17) is 0 Å². The van der Waals surface area contributed by atoms with Gasteiger partial charge in [-0.15, -0.1) is 0 Å². The minimum atomic E-state index is -0.439. The number of carbonyl (C=O) groups is 2. The molecule has 0 aliphatic carbocycles. The number of hydrogen-bond acceptors (Lipinski definition) is 3. The fourth-order valence-electron chi connectivity index (χ4n) is 2.87. The molecule has 23 heavy (non-hydrogen) atoms. The SMILES string of the molecule is CC(C)(C)C(=O)N1CCC(c2ccn(C(=O)C(C)(C)C)n2)CC1. The third kappa shape index (κ3) is 4.01. The molecule has 1 aliphatic heterocycles. The molecular weight excluding hydrogens is 290 g/mol. The highest BCUT2D eigenvalue weighted by atomic mass is 16.2. The van der Waals surface area contributed by atoms with E-state index in [9.17, 15) is 9.59 Å². The predicted octanol–water partition coefficient (Wildman–Crippen LogP) is 3.32. The van der Waals surface area contributed by atoms with Gasteiger partial charge in [0, 0.05) is 36.0 Å². The number of carbonyl (C=O) groups excluding carboxylic acids is 2. The fraction of sp³-hybridized carbons (Fsp3) is 0.722. The first-order chi connectivity index (χ1) is 10.5. The summed E-state index contributed by atoms with van der Waals surface area (Å²) in [4.78, 5) is 26.5. The van der Waals surface area contributed by atoms with Crippen LogP contribution in [0.15, 0.2) is 12.3 Å². The zero-order valence-corrected chi connectivity index (χ0v) is 15.2. The number of hydrogen-bond donors (Lipinski definition) is 0. The summed E-state index contributed by atoms with van der Waals surface area (Å²) in [6.07, 6.45) is 3.57. The molecule has 0 atom stereocenters. The summed E-state index contributed by atoms with van der Waals surface area (Å²) in [6.45, 7) is 13.1. The van der Waals surface area contributed by atoms with E-state index < -0.39 is 5.41 Å². The van der Waals surface area contributed by atoms with Crippen LogP contribution in [-0.4, -0.2) is 39.6 Å². The average molecular weight is 319 g/mol. The number of likely N-dealkylation sites (tertiary alicyclic amines) is 1. The van der Waals surface area contributed by atoms with Crippen molar-refractivity contribution < 1.29 is 9.59 Å². The van der Waals surface area contributed by atoms with Gasteiger partial charge in [0.25, 0.3) is 5.91 Å². The Hall–Kier alpha value is -1.65. The van der Waals surface area contributed by atoms with Crippen molar-refractivity contribution in [2.75, 3.05) is 13.1 Å². The van der Waals surface area contributed by atoms with Gasteiger partial charge in [-0.05, 0) is 18.9 Å². The second kappa shape index (κ2) is 6.10. The summed E-state index contributed by atoms with van der Waals surface area (Å²) in [5.41, 5.74) is 0.199. The van der Waals surface area contributed by atoms with E-state index in [0.717, 1.165) is 31.6 Å². The van der Waals surface area contributed by atoms with E-state index in [1.165, 1.54) is 4.68 Å². The van der Waals surface area contributed by atoms with Crippen LogP contribution in [0.25, 0.3) is 0 Å². The van der Waals surface area contributed by atoms with Gasteiger partial charge in [0.1, 0.15) is 0 Å². The lowest BCUT2D eigenvalue weighted by atomic mass is 9.90. The van der Waals surface area contributed by atoms with E-state index in [2.05, 4.69) is 5.10 Å². The molecule has 128 valence electrons. The van der Waals surface area contributed by atoms with Gasteiger partial charge in [-0.1, -0.05) is 41.5 Å². The Morgan fingerprint density at radius 1 is 1.00 bits per heavy atom. The average Bonchev–Trinajstić information content (AvgIpc) is 2.93. The number of rotatable bonds is 1. The highest BCUT2D eigenvalue weighted by Gasteiger charge is 2.32. The minimum Gasteiger partial charge on any atom is -0.342 e. The lowest BCUT2D eigenvalue weighted by molar-refractivity contribution is -0.140. The van der Waals surface area contributed by atoms with Gasteiger partial charge < -0.3 is 4.90 Å². The first-order valence-corrected chi connectivity index (χ1v) is 8.40. The molecule has 5 heteroatoms. The van der Waals surface area contributed by atoms with E-state index in [1.807, 2.05) is 52.5 Å². The van der Waals surface area contributed by atoms with Gasteiger partial charge in [0.15, 0.2) is 0 Å². The molecule has 0 spiro atoms. The molecule has 0 unspecified atom stereocenters. The lowest BCUT2D eigenvalue weighted by Crippen LogP contribution is -2.43. The van der Waals surface area contributed by atoms with E-state index >= 15 is 0 Å². The standard InChI is InChI=1S/C18H29N3O2/c1-17(2,3)15(22)20-10-7-13(8-11-20)14-9-12-21(19-14)16(23)18(4,5)6/h9,12-13H,7-8,10-11H2,1-6H3. The quantitative estimate of drug-likeness (QED) is 0.798. The molecule has 0 aromatic carbocycles. The van der Waals surface area contributed by atoms with Crippen molar-refractivity contribution in [1.29, 1.82) is 0 Å². The van der Waals surface area contributed by atoms with Crippen molar-refractivity contribution in [3.05, 3.63) is 18.0 Å². The van der Waals surface area contributed by atoms with Crippen LogP contribution in [0.5, 0.6) is 0 Å². The molecule has 0 bridgehead atoms. The van der Waals surface area contributed by atoms with Gasteiger partial charge in [0.05, 0.1) is 5.69 Å². The molecule has 0 N–H and O–H groups in total. The second-order valence-electron chi connectivity index (χ2n) is 8.56. The first kappa shape index (κ1) is 17.7. The Balaban J connectivity index is 2.00. The van der Waals surface area contributed by atoms with E-state index in [1.54, 1.807) is 6.20 Å². The van der Waals surface area contributed by atoms with Crippen LogP contribution in [0.4, 0.5) is 0 Å². The molecule has 1 saturated heterocycles. The zero-order chi connectivity index (χ0) is 17.4. The molecule has 1 aromatic heterocycles. The number of amides is 1. The van der Waals surface area contributed by atoms with Crippen LogP contribution in [0, 0.1) is 10.8 Å². The van der Waals surface area contributed by atoms with Crippen molar-refractivity contribution in [3.63, 3.8) is 0 Å². The van der Waals surface area contributed by atoms with Crippen LogP contribution < -0.4 is 0 Å². The highest BCUT2D eigenvalue weighted by molar-refractivity contribution is 5.83. The predicted molar refractivity (Wildman–Crippen MR) is 90.3 cm³/mol. The molecule has 1 fully saturated rings. The van der Waals surface area contributed by atoms with Crippen molar-refractivity contribution in [1.82, 2.24) is 14.7 Å². The van der Waals surface area contributed by atoms with E-state index in [0.29, 0.717) is 5.92 Å². The number of aromatic nitrogens is 2. The molecule has 2 rings (SSSR count). The largest absolute Gasteiger partial charge is 0.342 e. The second-order valence-corrected chi connectivity index (χ2v) is 8.56. The van der Waals surface area contributed by atoms with Gasteiger partial charge in [-0.3, -0.25) is 9.59 Å². The molecule has 0 radical (unpaired) electrons.